The molecule has 0 saturated carbocycles. The van der Waals surface area contributed by atoms with Gasteiger partial charge in [-0.2, -0.15) is 5.10 Å². The van der Waals surface area contributed by atoms with E-state index in [-0.39, 0.29) is 28.7 Å². The number of halogens is 1. The smallest absolute Gasteiger partial charge is 0.343 e. The zero-order chi connectivity index (χ0) is 21.0. The van der Waals surface area contributed by atoms with E-state index in [1.54, 1.807) is 23.4 Å². The third kappa shape index (κ3) is 4.93. The highest BCUT2D eigenvalue weighted by Gasteiger charge is 2.30. The number of rotatable bonds is 7. The molecule has 1 heterocycles. The van der Waals surface area contributed by atoms with Crippen LogP contribution in [0.15, 0.2) is 30.3 Å². The number of carbonyl (C=O) groups excluding carboxylic acids is 2. The molecular weight excluding hydrogens is 378 g/mol. The molecule has 152 valence electrons. The van der Waals surface area contributed by atoms with Crippen LogP contribution in [0.25, 0.3) is 0 Å². The molecule has 0 N–H and O–H groups in total. The summed E-state index contributed by atoms with van der Waals surface area (Å²) in [5.41, 5.74) is 1.67. The van der Waals surface area contributed by atoms with Gasteiger partial charge in [-0.15, -0.1) is 0 Å². The van der Waals surface area contributed by atoms with Gasteiger partial charge in [0.25, 0.3) is 5.91 Å². The summed E-state index contributed by atoms with van der Waals surface area (Å²) in [6, 6.07) is 9.71. The molecule has 0 bridgehead atoms. The highest BCUT2D eigenvalue weighted by molar-refractivity contribution is 6.32. The van der Waals surface area contributed by atoms with Gasteiger partial charge in [0.1, 0.15) is 10.7 Å². The van der Waals surface area contributed by atoms with Gasteiger partial charge >= 0.3 is 5.97 Å². The largest absolute Gasteiger partial charge is 0.449 e. The van der Waals surface area contributed by atoms with Crippen LogP contribution in [0.3, 0.4) is 0 Å². The van der Waals surface area contributed by atoms with E-state index in [2.05, 4.69) is 5.10 Å². The fourth-order valence-electron chi connectivity index (χ4n) is 3.23. The van der Waals surface area contributed by atoms with Crippen LogP contribution in [0.2, 0.25) is 5.15 Å². The van der Waals surface area contributed by atoms with Gasteiger partial charge in [-0.3, -0.25) is 4.79 Å². The second-order valence-corrected chi connectivity index (χ2v) is 7.73. The Morgan fingerprint density at radius 3 is 2.21 bits per heavy atom. The summed E-state index contributed by atoms with van der Waals surface area (Å²) < 4.78 is 7.00. The van der Waals surface area contributed by atoms with Crippen molar-refractivity contribution in [2.75, 3.05) is 0 Å². The van der Waals surface area contributed by atoms with Gasteiger partial charge in [0.05, 0.1) is 12.2 Å². The molecule has 1 aromatic heterocycles. The van der Waals surface area contributed by atoms with Gasteiger partial charge in [0.15, 0.2) is 6.10 Å². The van der Waals surface area contributed by atoms with Crippen LogP contribution < -0.4 is 0 Å². The number of ether oxygens (including phenoxy) is 1. The van der Waals surface area contributed by atoms with Crippen molar-refractivity contribution in [3.8, 4) is 0 Å². The van der Waals surface area contributed by atoms with Crippen molar-refractivity contribution < 1.29 is 14.3 Å². The van der Waals surface area contributed by atoms with Crippen molar-refractivity contribution in [1.29, 1.82) is 0 Å². The zero-order valence-corrected chi connectivity index (χ0v) is 18.0. The second-order valence-electron chi connectivity index (χ2n) is 7.38. The van der Waals surface area contributed by atoms with Crippen molar-refractivity contribution in [1.82, 2.24) is 14.7 Å². The van der Waals surface area contributed by atoms with Crippen LogP contribution in [0.5, 0.6) is 0 Å². The number of hydrogen-bond donors (Lipinski definition) is 0. The maximum absolute atomic E-state index is 12.7. The monoisotopic (exact) mass is 405 g/mol. The van der Waals surface area contributed by atoms with Gasteiger partial charge in [-0.05, 0) is 47.1 Å². The summed E-state index contributed by atoms with van der Waals surface area (Å²) in [5, 5.41) is 4.56. The number of aromatic nitrogens is 2. The van der Waals surface area contributed by atoms with Crippen LogP contribution >= 0.6 is 11.6 Å². The number of aryl methyl sites for hydroxylation is 1. The van der Waals surface area contributed by atoms with Gasteiger partial charge < -0.3 is 9.64 Å². The molecule has 0 aliphatic carbocycles. The zero-order valence-electron chi connectivity index (χ0n) is 17.3. The minimum absolute atomic E-state index is 0.00704. The summed E-state index contributed by atoms with van der Waals surface area (Å²) in [7, 11) is 0. The van der Waals surface area contributed by atoms with E-state index in [1.807, 2.05) is 58.0 Å². The molecule has 2 aromatic rings. The lowest BCUT2D eigenvalue weighted by Crippen LogP contribution is -2.47. The maximum atomic E-state index is 12.7. The Balaban J connectivity index is 2.17. The van der Waals surface area contributed by atoms with Crippen molar-refractivity contribution in [3.05, 3.63) is 52.3 Å². The van der Waals surface area contributed by atoms with Gasteiger partial charge in [0.2, 0.25) is 0 Å². The molecule has 0 radical (unpaired) electrons. The van der Waals surface area contributed by atoms with Crippen LogP contribution in [-0.2, 0) is 16.1 Å². The van der Waals surface area contributed by atoms with E-state index in [0.717, 1.165) is 5.56 Å². The SMILES string of the molecule is Cc1nn(Cc2ccccc2)c(Cl)c1C(=O)OC(C)C(=O)N(C(C)C)C(C)C. The predicted molar refractivity (Wildman–Crippen MR) is 110 cm³/mol. The third-order valence-corrected chi connectivity index (χ3v) is 4.83. The topological polar surface area (TPSA) is 64.4 Å². The molecular formula is C21H28ClN3O3. The Kier molecular flexibility index (Phi) is 7.24. The van der Waals surface area contributed by atoms with Crippen molar-refractivity contribution in [2.24, 2.45) is 0 Å². The minimum Gasteiger partial charge on any atom is -0.449 e. The molecule has 2 rings (SSSR count). The molecule has 0 fully saturated rings. The number of esters is 1. The Morgan fingerprint density at radius 1 is 1.11 bits per heavy atom. The summed E-state index contributed by atoms with van der Waals surface area (Å²) in [6.07, 6.45) is -0.912. The number of benzene rings is 1. The molecule has 1 amide bonds. The molecule has 1 unspecified atom stereocenters. The average molecular weight is 406 g/mol. The first-order chi connectivity index (χ1) is 13.1. The molecule has 6 nitrogen and oxygen atoms in total. The number of carbonyl (C=O) groups is 2. The Morgan fingerprint density at radius 2 is 1.68 bits per heavy atom. The maximum Gasteiger partial charge on any atom is 0.343 e. The average Bonchev–Trinajstić information content (AvgIpc) is 2.88. The van der Waals surface area contributed by atoms with Crippen molar-refractivity contribution in [2.45, 2.75) is 66.3 Å². The molecule has 0 saturated heterocycles. The second kappa shape index (κ2) is 9.24. The number of amides is 1. The summed E-state index contributed by atoms with van der Waals surface area (Å²) in [4.78, 5) is 27.1. The Labute approximate surface area is 171 Å². The molecule has 28 heavy (non-hydrogen) atoms. The Bertz CT molecular complexity index is 823. The molecule has 1 aromatic carbocycles. The Hall–Kier alpha value is -2.34. The first-order valence-corrected chi connectivity index (χ1v) is 9.81. The first kappa shape index (κ1) is 22.0. The molecule has 0 aliphatic rings. The van der Waals surface area contributed by atoms with E-state index < -0.39 is 12.1 Å². The van der Waals surface area contributed by atoms with E-state index in [0.29, 0.717) is 12.2 Å². The number of nitrogens with zero attached hydrogens (tertiary/aromatic N) is 3. The van der Waals surface area contributed by atoms with Crippen LogP contribution in [0, 0.1) is 6.92 Å². The van der Waals surface area contributed by atoms with E-state index in [9.17, 15) is 9.59 Å². The molecule has 0 spiro atoms. The lowest BCUT2D eigenvalue weighted by molar-refractivity contribution is -0.143. The third-order valence-electron chi connectivity index (χ3n) is 4.44. The van der Waals surface area contributed by atoms with E-state index >= 15 is 0 Å². The van der Waals surface area contributed by atoms with Crippen LogP contribution in [-0.4, -0.2) is 44.7 Å². The lowest BCUT2D eigenvalue weighted by Gasteiger charge is -2.32. The van der Waals surface area contributed by atoms with Crippen LogP contribution in [0.4, 0.5) is 0 Å². The fourth-order valence-corrected chi connectivity index (χ4v) is 3.54. The first-order valence-electron chi connectivity index (χ1n) is 9.43. The fraction of sp³-hybridized carbons (Fsp3) is 0.476. The minimum atomic E-state index is -0.912. The van der Waals surface area contributed by atoms with E-state index in [4.69, 9.17) is 16.3 Å². The molecule has 0 aliphatic heterocycles. The van der Waals surface area contributed by atoms with Gasteiger partial charge in [-0.1, -0.05) is 41.9 Å². The van der Waals surface area contributed by atoms with Gasteiger partial charge in [0, 0.05) is 12.1 Å². The van der Waals surface area contributed by atoms with Gasteiger partial charge in [-0.25, -0.2) is 9.48 Å². The summed E-state index contributed by atoms with van der Waals surface area (Å²) >= 11 is 6.41. The normalized spacial score (nSPS) is 12.3. The van der Waals surface area contributed by atoms with Crippen molar-refractivity contribution >= 4 is 23.5 Å². The lowest BCUT2D eigenvalue weighted by atomic mass is 10.2. The molecule has 7 heteroatoms. The highest BCUT2D eigenvalue weighted by atomic mass is 35.5. The summed E-state index contributed by atoms with van der Waals surface area (Å²) in [6.45, 7) is 11.4. The quantitative estimate of drug-likeness (QED) is 0.651. The van der Waals surface area contributed by atoms with Crippen molar-refractivity contribution in [3.63, 3.8) is 0 Å². The van der Waals surface area contributed by atoms with E-state index in [1.165, 1.54) is 0 Å². The number of hydrogen-bond acceptors (Lipinski definition) is 4. The standard InChI is InChI=1S/C21H28ClN3O3/c1-13(2)25(14(3)4)20(26)16(6)28-21(27)18-15(5)23-24(19(18)22)12-17-10-8-7-9-11-17/h7-11,13-14,16H,12H2,1-6H3. The summed E-state index contributed by atoms with van der Waals surface area (Å²) in [5.74, 6) is -0.876. The predicted octanol–water partition coefficient (Wildman–Crippen LogP) is 4.08. The highest BCUT2D eigenvalue weighted by Crippen LogP contribution is 2.23. The van der Waals surface area contributed by atoms with Crippen LogP contribution in [0.1, 0.15) is 56.2 Å². The molecule has 1 atom stereocenters.